The molecule has 18 heavy (non-hydrogen) atoms. The lowest BCUT2D eigenvalue weighted by molar-refractivity contribution is 0.491. The monoisotopic (exact) mass is 260 g/mol. The minimum atomic E-state index is 0.553. The molecule has 0 fully saturated rings. The van der Waals surface area contributed by atoms with Gasteiger partial charge in [-0.25, -0.2) is 0 Å². The topological polar surface area (TPSA) is 24.9 Å². The van der Waals surface area contributed by atoms with Gasteiger partial charge in [0.25, 0.3) is 0 Å². The minimum Gasteiger partial charge on any atom is -0.314 e. The van der Waals surface area contributed by atoms with E-state index in [0.717, 1.165) is 19.4 Å². The Morgan fingerprint density at radius 2 is 2.06 bits per heavy atom. The van der Waals surface area contributed by atoms with Gasteiger partial charge in [0.2, 0.25) is 0 Å². The molecule has 0 saturated heterocycles. The van der Waals surface area contributed by atoms with Crippen LogP contribution in [-0.4, -0.2) is 17.6 Å². The fourth-order valence-electron chi connectivity index (χ4n) is 2.14. The average molecular weight is 260 g/mol. The van der Waals surface area contributed by atoms with E-state index in [0.29, 0.717) is 6.04 Å². The summed E-state index contributed by atoms with van der Waals surface area (Å²) in [6.07, 6.45) is 7.17. The highest BCUT2D eigenvalue weighted by molar-refractivity contribution is 7.07. The van der Waals surface area contributed by atoms with E-state index in [9.17, 15) is 0 Å². The molecule has 2 heterocycles. The molecule has 2 rings (SSSR count). The predicted octanol–water partition coefficient (Wildman–Crippen LogP) is 3.30. The first-order valence-electron chi connectivity index (χ1n) is 6.52. The molecule has 96 valence electrons. The van der Waals surface area contributed by atoms with Gasteiger partial charge in [-0.15, -0.1) is 0 Å². The van der Waals surface area contributed by atoms with Gasteiger partial charge in [0.15, 0.2) is 0 Å². The van der Waals surface area contributed by atoms with Crippen LogP contribution >= 0.6 is 11.3 Å². The molecule has 1 atom stereocenters. The maximum atomic E-state index is 4.07. The van der Waals surface area contributed by atoms with Crippen molar-refractivity contribution >= 4 is 11.3 Å². The molecule has 2 nitrogen and oxygen atoms in total. The van der Waals surface area contributed by atoms with Crippen LogP contribution in [0.5, 0.6) is 0 Å². The summed E-state index contributed by atoms with van der Waals surface area (Å²) in [5.74, 6) is 0. The van der Waals surface area contributed by atoms with E-state index < -0.39 is 0 Å². The number of nitrogens with one attached hydrogen (secondary N) is 1. The van der Waals surface area contributed by atoms with Crippen molar-refractivity contribution in [1.29, 1.82) is 0 Å². The van der Waals surface area contributed by atoms with Gasteiger partial charge in [0, 0.05) is 18.4 Å². The normalized spacial score (nSPS) is 12.5. The number of aromatic nitrogens is 1. The van der Waals surface area contributed by atoms with Crippen LogP contribution in [0, 0.1) is 0 Å². The van der Waals surface area contributed by atoms with Gasteiger partial charge in [-0.3, -0.25) is 4.98 Å². The molecule has 0 spiro atoms. The lowest BCUT2D eigenvalue weighted by Gasteiger charge is -2.17. The Balaban J connectivity index is 1.87. The van der Waals surface area contributed by atoms with Gasteiger partial charge in [0.1, 0.15) is 0 Å². The zero-order valence-electron chi connectivity index (χ0n) is 10.8. The lowest BCUT2D eigenvalue weighted by atomic mass is 10.0. The third-order valence-electron chi connectivity index (χ3n) is 3.09. The van der Waals surface area contributed by atoms with Crippen molar-refractivity contribution in [2.24, 2.45) is 0 Å². The van der Waals surface area contributed by atoms with Crippen molar-refractivity contribution in [3.05, 3.63) is 52.5 Å². The first kappa shape index (κ1) is 13.2. The molecular weight excluding hydrogens is 240 g/mol. The molecule has 0 aliphatic rings. The predicted molar refractivity (Wildman–Crippen MR) is 78.0 cm³/mol. The zero-order valence-corrected chi connectivity index (χ0v) is 11.6. The van der Waals surface area contributed by atoms with E-state index >= 15 is 0 Å². The fourth-order valence-corrected chi connectivity index (χ4v) is 2.85. The molecule has 0 aliphatic heterocycles. The zero-order chi connectivity index (χ0) is 12.6. The van der Waals surface area contributed by atoms with Gasteiger partial charge in [-0.2, -0.15) is 11.3 Å². The van der Waals surface area contributed by atoms with Crippen LogP contribution in [0.1, 0.15) is 24.5 Å². The smallest absolute Gasteiger partial charge is 0.0270 e. The van der Waals surface area contributed by atoms with Crippen LogP contribution in [0.2, 0.25) is 0 Å². The molecule has 1 N–H and O–H groups in total. The highest BCUT2D eigenvalue weighted by Crippen LogP contribution is 2.12. The largest absolute Gasteiger partial charge is 0.314 e. The third kappa shape index (κ3) is 4.24. The summed E-state index contributed by atoms with van der Waals surface area (Å²) >= 11 is 1.78. The number of hydrogen-bond donors (Lipinski definition) is 1. The van der Waals surface area contributed by atoms with Crippen LogP contribution in [-0.2, 0) is 12.8 Å². The summed E-state index contributed by atoms with van der Waals surface area (Å²) in [4.78, 5) is 4.07. The highest BCUT2D eigenvalue weighted by atomic mass is 32.1. The van der Waals surface area contributed by atoms with Gasteiger partial charge in [0.05, 0.1) is 0 Å². The molecule has 3 heteroatoms. The number of likely N-dealkylation sites (N-methyl/N-ethyl adjacent to an activating group) is 1. The van der Waals surface area contributed by atoms with Gasteiger partial charge in [-0.1, -0.05) is 6.92 Å². The van der Waals surface area contributed by atoms with Crippen LogP contribution in [0.25, 0.3) is 0 Å². The number of pyridine rings is 1. The van der Waals surface area contributed by atoms with E-state index in [1.807, 2.05) is 12.4 Å². The van der Waals surface area contributed by atoms with Crippen molar-refractivity contribution < 1.29 is 0 Å². The molecule has 0 bridgehead atoms. The van der Waals surface area contributed by atoms with E-state index in [1.54, 1.807) is 11.3 Å². The Kier molecular flexibility index (Phi) is 5.36. The third-order valence-corrected chi connectivity index (χ3v) is 3.82. The number of rotatable bonds is 7. The van der Waals surface area contributed by atoms with Gasteiger partial charge in [-0.05, 0) is 65.9 Å². The highest BCUT2D eigenvalue weighted by Gasteiger charge is 2.08. The standard InChI is InChI=1S/C15H20N2S/c1-2-17-15(4-3-14-7-10-18-12-14)11-13-5-8-16-9-6-13/h5-10,12,15,17H,2-4,11H2,1H3. The molecule has 0 amide bonds. The molecule has 2 aromatic heterocycles. The fraction of sp³-hybridized carbons (Fsp3) is 0.400. The summed E-state index contributed by atoms with van der Waals surface area (Å²) in [5.41, 5.74) is 2.82. The van der Waals surface area contributed by atoms with Crippen LogP contribution < -0.4 is 5.32 Å². The molecule has 1 unspecified atom stereocenters. The maximum absolute atomic E-state index is 4.07. The van der Waals surface area contributed by atoms with Crippen LogP contribution in [0.15, 0.2) is 41.4 Å². The SMILES string of the molecule is CCNC(CCc1ccsc1)Cc1ccncc1. The second-order valence-corrected chi connectivity index (χ2v) is 5.26. The quantitative estimate of drug-likeness (QED) is 0.826. The second kappa shape index (κ2) is 7.29. The van der Waals surface area contributed by atoms with E-state index in [1.165, 1.54) is 17.5 Å². The lowest BCUT2D eigenvalue weighted by Crippen LogP contribution is -2.31. The van der Waals surface area contributed by atoms with Gasteiger partial charge >= 0.3 is 0 Å². The van der Waals surface area contributed by atoms with E-state index in [2.05, 4.69) is 46.2 Å². The van der Waals surface area contributed by atoms with Crippen molar-refractivity contribution in [3.63, 3.8) is 0 Å². The number of aryl methyl sites for hydroxylation is 1. The second-order valence-electron chi connectivity index (χ2n) is 4.48. The molecule has 2 aromatic rings. The van der Waals surface area contributed by atoms with Gasteiger partial charge < -0.3 is 5.32 Å². The Bertz CT molecular complexity index is 425. The number of hydrogen-bond acceptors (Lipinski definition) is 3. The first-order valence-corrected chi connectivity index (χ1v) is 7.46. The van der Waals surface area contributed by atoms with E-state index in [4.69, 9.17) is 0 Å². The van der Waals surface area contributed by atoms with Crippen molar-refractivity contribution in [3.8, 4) is 0 Å². The van der Waals surface area contributed by atoms with Crippen molar-refractivity contribution in [2.45, 2.75) is 32.2 Å². The summed E-state index contributed by atoms with van der Waals surface area (Å²) < 4.78 is 0. The molecule has 0 saturated carbocycles. The summed E-state index contributed by atoms with van der Waals surface area (Å²) in [5, 5.41) is 7.98. The Hall–Kier alpha value is -1.19. The summed E-state index contributed by atoms with van der Waals surface area (Å²) in [7, 11) is 0. The number of nitrogens with zero attached hydrogens (tertiary/aromatic N) is 1. The Labute approximate surface area is 113 Å². The van der Waals surface area contributed by atoms with Crippen molar-refractivity contribution in [2.75, 3.05) is 6.54 Å². The minimum absolute atomic E-state index is 0.553. The molecule has 0 aromatic carbocycles. The Morgan fingerprint density at radius 1 is 1.22 bits per heavy atom. The van der Waals surface area contributed by atoms with Crippen LogP contribution in [0.4, 0.5) is 0 Å². The first-order chi connectivity index (χ1) is 8.88. The average Bonchev–Trinajstić information content (AvgIpc) is 2.91. The maximum Gasteiger partial charge on any atom is 0.0270 e. The molecule has 0 radical (unpaired) electrons. The van der Waals surface area contributed by atoms with E-state index in [-0.39, 0.29) is 0 Å². The Morgan fingerprint density at radius 3 is 2.72 bits per heavy atom. The van der Waals surface area contributed by atoms with Crippen molar-refractivity contribution in [1.82, 2.24) is 10.3 Å². The van der Waals surface area contributed by atoms with Crippen LogP contribution in [0.3, 0.4) is 0 Å². The number of thiophene rings is 1. The molecular formula is C15H20N2S. The molecule has 0 aliphatic carbocycles. The summed E-state index contributed by atoms with van der Waals surface area (Å²) in [6, 6.07) is 6.99. The summed E-state index contributed by atoms with van der Waals surface area (Å²) in [6.45, 7) is 3.20.